The van der Waals surface area contributed by atoms with Crippen molar-refractivity contribution in [3.8, 4) is 0 Å². The summed E-state index contributed by atoms with van der Waals surface area (Å²) in [6.07, 6.45) is 1.17. The second-order valence-corrected chi connectivity index (χ2v) is 4.16. The summed E-state index contributed by atoms with van der Waals surface area (Å²) in [6.45, 7) is 2.23. The van der Waals surface area contributed by atoms with Crippen LogP contribution in [0.2, 0.25) is 5.02 Å². The molecule has 0 aliphatic rings. The van der Waals surface area contributed by atoms with Crippen LogP contribution in [0, 0.1) is 0 Å². The van der Waals surface area contributed by atoms with Gasteiger partial charge in [0.2, 0.25) is 0 Å². The van der Waals surface area contributed by atoms with Gasteiger partial charge in [-0.15, -0.1) is 0 Å². The zero-order valence-electron chi connectivity index (χ0n) is 7.56. The van der Waals surface area contributed by atoms with Crippen LogP contribution in [0.3, 0.4) is 0 Å². The van der Waals surface area contributed by atoms with Gasteiger partial charge >= 0.3 is 0 Å². The lowest BCUT2D eigenvalue weighted by molar-refractivity contribution is 0.744. The Labute approximate surface area is 100 Å². The molecule has 1 atom stereocenters. The highest BCUT2D eigenvalue weighted by molar-refractivity contribution is 9.09. The van der Waals surface area contributed by atoms with Crippen molar-refractivity contribution in [3.05, 3.63) is 34.9 Å². The minimum atomic E-state index is 0. The molecule has 0 N–H and O–H groups in total. The number of rotatable bonds is 3. The third-order valence-corrected chi connectivity index (χ3v) is 2.69. The molecule has 0 radical (unpaired) electrons. The van der Waals surface area contributed by atoms with Gasteiger partial charge in [-0.05, 0) is 30.0 Å². The lowest BCUT2D eigenvalue weighted by Gasteiger charge is -2.09. The molecule has 0 fully saturated rings. The highest BCUT2D eigenvalue weighted by atomic mass is 79.9. The second-order valence-electron chi connectivity index (χ2n) is 2.93. The van der Waals surface area contributed by atoms with Crippen molar-refractivity contribution in [2.24, 2.45) is 0 Å². The van der Waals surface area contributed by atoms with E-state index in [1.807, 2.05) is 12.1 Å². The first-order valence-corrected chi connectivity index (χ1v) is 5.55. The van der Waals surface area contributed by atoms with Crippen LogP contribution < -0.4 is 0 Å². The summed E-state index contributed by atoms with van der Waals surface area (Å²) in [5, 5.41) is 1.86. The number of hydrogen-bond donors (Lipinski definition) is 0. The Bertz CT molecular complexity index is 235. The maximum absolute atomic E-state index is 5.78. The summed E-state index contributed by atoms with van der Waals surface area (Å²) in [4.78, 5) is 0. The molecule has 0 aromatic heterocycles. The summed E-state index contributed by atoms with van der Waals surface area (Å²) in [6, 6.07) is 8.08. The van der Waals surface area contributed by atoms with E-state index in [0.717, 1.165) is 10.4 Å². The highest BCUT2D eigenvalue weighted by Gasteiger charge is 2.03. The van der Waals surface area contributed by atoms with Gasteiger partial charge in [-0.3, -0.25) is 0 Å². The Morgan fingerprint density at radius 3 is 2.31 bits per heavy atom. The van der Waals surface area contributed by atoms with Gasteiger partial charge < -0.3 is 0 Å². The second kappa shape index (κ2) is 6.74. The molecule has 74 valence electrons. The first-order valence-electron chi connectivity index (χ1n) is 4.05. The van der Waals surface area contributed by atoms with Gasteiger partial charge in [-0.25, -0.2) is 0 Å². The maximum Gasteiger partial charge on any atom is 0.0406 e. The van der Waals surface area contributed by atoms with Gasteiger partial charge in [-0.2, -0.15) is 13.5 Å². The number of alkyl halides is 1. The first-order chi connectivity index (χ1) is 5.74. The van der Waals surface area contributed by atoms with Crippen LogP contribution in [-0.4, -0.2) is 5.33 Å². The zero-order chi connectivity index (χ0) is 8.97. The van der Waals surface area contributed by atoms with E-state index in [-0.39, 0.29) is 13.5 Å². The van der Waals surface area contributed by atoms with E-state index in [4.69, 9.17) is 11.6 Å². The Hall–Kier alpha value is 0.340. The van der Waals surface area contributed by atoms with Crippen molar-refractivity contribution in [2.45, 2.75) is 19.3 Å². The Balaban J connectivity index is 0.00000144. The van der Waals surface area contributed by atoms with E-state index in [1.165, 1.54) is 12.0 Å². The number of hydrogen-bond acceptors (Lipinski definition) is 0. The smallest absolute Gasteiger partial charge is 0.0406 e. The van der Waals surface area contributed by atoms with Crippen LogP contribution in [-0.2, 0) is 0 Å². The lowest BCUT2D eigenvalue weighted by Crippen LogP contribution is -1.93. The van der Waals surface area contributed by atoms with E-state index in [9.17, 15) is 0 Å². The molecule has 0 bridgehead atoms. The molecule has 0 nitrogen and oxygen atoms in total. The first kappa shape index (κ1) is 13.3. The maximum atomic E-state index is 5.78. The van der Waals surface area contributed by atoms with E-state index in [2.05, 4.69) is 35.0 Å². The molecule has 0 aliphatic heterocycles. The third-order valence-electron chi connectivity index (χ3n) is 1.98. The van der Waals surface area contributed by atoms with E-state index < -0.39 is 0 Å². The van der Waals surface area contributed by atoms with Crippen molar-refractivity contribution in [1.29, 1.82) is 0 Å². The number of halogens is 2. The molecule has 0 aliphatic carbocycles. The van der Waals surface area contributed by atoms with Gasteiger partial charge in [-0.1, -0.05) is 46.6 Å². The lowest BCUT2D eigenvalue weighted by atomic mass is 9.99. The normalized spacial score (nSPS) is 11.9. The zero-order valence-corrected chi connectivity index (χ0v) is 10.9. The average molecular weight is 282 g/mol. The minimum Gasteiger partial charge on any atom is -0.197 e. The molecular formula is C10H14BrClS. The Kier molecular flexibility index (Phi) is 6.92. The van der Waals surface area contributed by atoms with Crippen molar-refractivity contribution in [2.75, 3.05) is 5.33 Å². The standard InChI is InChI=1S/C10H12BrCl.H2S/c1-8(6-7-11)9-2-4-10(12)5-3-9;/h2-5,8H,6-7H2,1H3;1H2/t8-;/m0./s1. The fourth-order valence-electron chi connectivity index (χ4n) is 1.12. The van der Waals surface area contributed by atoms with Crippen LogP contribution in [0.4, 0.5) is 0 Å². The Morgan fingerprint density at radius 1 is 1.31 bits per heavy atom. The number of benzene rings is 1. The summed E-state index contributed by atoms with van der Waals surface area (Å²) in [5.41, 5.74) is 1.36. The molecule has 0 heterocycles. The SMILES string of the molecule is C[C@@H](CCBr)c1ccc(Cl)cc1.S. The van der Waals surface area contributed by atoms with Crippen LogP contribution in [0.15, 0.2) is 24.3 Å². The van der Waals surface area contributed by atoms with E-state index in [0.29, 0.717) is 5.92 Å². The molecule has 0 saturated carbocycles. The van der Waals surface area contributed by atoms with Crippen LogP contribution in [0.1, 0.15) is 24.8 Å². The van der Waals surface area contributed by atoms with Crippen LogP contribution >= 0.6 is 41.0 Å². The average Bonchev–Trinajstić information content (AvgIpc) is 2.06. The molecule has 1 rings (SSSR count). The van der Waals surface area contributed by atoms with Gasteiger partial charge in [0.25, 0.3) is 0 Å². The largest absolute Gasteiger partial charge is 0.197 e. The van der Waals surface area contributed by atoms with Crippen LogP contribution in [0.25, 0.3) is 0 Å². The molecule has 0 spiro atoms. The van der Waals surface area contributed by atoms with Crippen molar-refractivity contribution >= 4 is 41.0 Å². The monoisotopic (exact) mass is 280 g/mol. The molecule has 3 heteroatoms. The highest BCUT2D eigenvalue weighted by Crippen LogP contribution is 2.21. The quantitative estimate of drug-likeness (QED) is 0.723. The van der Waals surface area contributed by atoms with E-state index in [1.54, 1.807) is 0 Å². The fraction of sp³-hybridized carbons (Fsp3) is 0.400. The minimum absolute atomic E-state index is 0. The predicted molar refractivity (Wildman–Crippen MR) is 68.7 cm³/mol. The van der Waals surface area contributed by atoms with E-state index >= 15 is 0 Å². The third kappa shape index (κ3) is 4.39. The molecule has 0 amide bonds. The molecular weight excluding hydrogens is 268 g/mol. The molecule has 13 heavy (non-hydrogen) atoms. The summed E-state index contributed by atoms with van der Waals surface area (Å²) >= 11 is 9.22. The molecule has 1 aromatic carbocycles. The topological polar surface area (TPSA) is 0 Å². The molecule has 1 aromatic rings. The van der Waals surface area contributed by atoms with Crippen LogP contribution in [0.5, 0.6) is 0 Å². The molecule has 0 saturated heterocycles. The molecule has 0 unspecified atom stereocenters. The summed E-state index contributed by atoms with van der Waals surface area (Å²) in [5.74, 6) is 0.613. The van der Waals surface area contributed by atoms with Gasteiger partial charge in [0.05, 0.1) is 0 Å². The van der Waals surface area contributed by atoms with Crippen molar-refractivity contribution in [1.82, 2.24) is 0 Å². The Morgan fingerprint density at radius 2 is 1.85 bits per heavy atom. The van der Waals surface area contributed by atoms with Gasteiger partial charge in [0.15, 0.2) is 0 Å². The summed E-state index contributed by atoms with van der Waals surface area (Å²) < 4.78 is 0. The van der Waals surface area contributed by atoms with Crippen molar-refractivity contribution < 1.29 is 0 Å². The van der Waals surface area contributed by atoms with Crippen molar-refractivity contribution in [3.63, 3.8) is 0 Å². The predicted octanol–water partition coefficient (Wildman–Crippen LogP) is 4.34. The van der Waals surface area contributed by atoms with Gasteiger partial charge in [0.1, 0.15) is 0 Å². The summed E-state index contributed by atoms with van der Waals surface area (Å²) in [7, 11) is 0. The van der Waals surface area contributed by atoms with Gasteiger partial charge in [0, 0.05) is 10.4 Å². The fourth-order valence-corrected chi connectivity index (χ4v) is 1.93.